The maximum atomic E-state index is 5.59. The van der Waals surface area contributed by atoms with Crippen LogP contribution in [0, 0.1) is 12.8 Å². The molecule has 1 rings (SSSR count). The van der Waals surface area contributed by atoms with E-state index in [1.54, 1.807) is 0 Å². The molecule has 1 aromatic heterocycles. The molecule has 1 N–H and O–H groups in total. The van der Waals surface area contributed by atoms with Crippen molar-refractivity contribution in [3.63, 3.8) is 0 Å². The van der Waals surface area contributed by atoms with Gasteiger partial charge in [0.25, 0.3) is 0 Å². The molecule has 4 heteroatoms. The molecule has 0 saturated carbocycles. The summed E-state index contributed by atoms with van der Waals surface area (Å²) in [6.07, 6.45) is 3.17. The van der Waals surface area contributed by atoms with Crippen LogP contribution in [0.5, 0.6) is 0 Å². The summed E-state index contributed by atoms with van der Waals surface area (Å²) in [6.45, 7) is 11.9. The normalized spacial score (nSPS) is 11.1. The highest BCUT2D eigenvalue weighted by molar-refractivity contribution is 5.28. The van der Waals surface area contributed by atoms with Gasteiger partial charge in [0.1, 0.15) is 0 Å². The van der Waals surface area contributed by atoms with Gasteiger partial charge in [-0.2, -0.15) is 0 Å². The van der Waals surface area contributed by atoms with E-state index < -0.39 is 0 Å². The van der Waals surface area contributed by atoms with Crippen LogP contribution in [0.25, 0.3) is 0 Å². The van der Waals surface area contributed by atoms with Crippen molar-refractivity contribution < 1.29 is 4.74 Å². The van der Waals surface area contributed by atoms with Crippen molar-refractivity contribution in [2.24, 2.45) is 5.92 Å². The van der Waals surface area contributed by atoms with Crippen molar-refractivity contribution in [3.05, 3.63) is 11.9 Å². The molecule has 0 aliphatic rings. The van der Waals surface area contributed by atoms with Crippen molar-refractivity contribution in [2.75, 3.05) is 25.1 Å². The standard InChI is InChI=1S/C13H25N3O/c1-5-6-14-13-15-12(4)9-16(13)7-8-17-10-11(2)3/h9,11H,5-8,10H2,1-4H3,(H,14,15). The van der Waals surface area contributed by atoms with Crippen LogP contribution >= 0.6 is 0 Å². The highest BCUT2D eigenvalue weighted by Gasteiger charge is 2.04. The zero-order valence-electron chi connectivity index (χ0n) is 11.5. The molecule has 0 spiro atoms. The molecule has 0 fully saturated rings. The van der Waals surface area contributed by atoms with Gasteiger partial charge in [0, 0.05) is 25.9 Å². The first-order valence-electron chi connectivity index (χ1n) is 6.48. The van der Waals surface area contributed by atoms with Crippen LogP contribution in [0.2, 0.25) is 0 Å². The number of aromatic nitrogens is 2. The van der Waals surface area contributed by atoms with E-state index in [1.165, 1.54) is 0 Å². The molecule has 1 heterocycles. The van der Waals surface area contributed by atoms with E-state index in [-0.39, 0.29) is 0 Å². The van der Waals surface area contributed by atoms with Crippen molar-refractivity contribution in [3.8, 4) is 0 Å². The first kappa shape index (κ1) is 14.0. The molecule has 0 aromatic carbocycles. The first-order chi connectivity index (χ1) is 8.13. The molecule has 0 amide bonds. The minimum Gasteiger partial charge on any atom is -0.379 e. The van der Waals surface area contributed by atoms with Crippen LogP contribution in [-0.4, -0.2) is 29.3 Å². The second-order valence-electron chi connectivity index (χ2n) is 4.79. The molecule has 0 saturated heterocycles. The third-order valence-electron chi connectivity index (χ3n) is 2.36. The fourth-order valence-electron chi connectivity index (χ4n) is 1.58. The molecule has 0 aliphatic carbocycles. The summed E-state index contributed by atoms with van der Waals surface area (Å²) in [5, 5.41) is 3.33. The van der Waals surface area contributed by atoms with Gasteiger partial charge in [-0.15, -0.1) is 0 Å². The molecule has 0 radical (unpaired) electrons. The Hall–Kier alpha value is -1.03. The summed E-state index contributed by atoms with van der Waals surface area (Å²) in [5.74, 6) is 1.55. The van der Waals surface area contributed by atoms with E-state index in [9.17, 15) is 0 Å². The average Bonchev–Trinajstić information content (AvgIpc) is 2.62. The lowest BCUT2D eigenvalue weighted by molar-refractivity contribution is 0.103. The Balaban J connectivity index is 2.40. The second kappa shape index (κ2) is 7.33. The molecular formula is C13H25N3O. The van der Waals surface area contributed by atoms with Crippen molar-refractivity contribution in [1.29, 1.82) is 0 Å². The van der Waals surface area contributed by atoms with E-state index in [1.807, 2.05) is 6.92 Å². The Morgan fingerprint density at radius 3 is 2.88 bits per heavy atom. The quantitative estimate of drug-likeness (QED) is 0.709. The lowest BCUT2D eigenvalue weighted by atomic mass is 10.2. The average molecular weight is 239 g/mol. The molecule has 4 nitrogen and oxygen atoms in total. The van der Waals surface area contributed by atoms with E-state index in [0.29, 0.717) is 5.92 Å². The second-order valence-corrected chi connectivity index (χ2v) is 4.79. The van der Waals surface area contributed by atoms with Crippen molar-refractivity contribution >= 4 is 5.95 Å². The topological polar surface area (TPSA) is 39.1 Å². The Morgan fingerprint density at radius 2 is 2.24 bits per heavy atom. The SMILES string of the molecule is CCCNc1nc(C)cn1CCOCC(C)C. The number of rotatable bonds is 8. The minimum absolute atomic E-state index is 0.595. The van der Waals surface area contributed by atoms with Crippen LogP contribution in [0.15, 0.2) is 6.20 Å². The van der Waals surface area contributed by atoms with Gasteiger partial charge in [0.2, 0.25) is 5.95 Å². The number of aryl methyl sites for hydroxylation is 1. The predicted molar refractivity (Wildman–Crippen MR) is 71.4 cm³/mol. The number of hydrogen-bond acceptors (Lipinski definition) is 3. The minimum atomic E-state index is 0.595. The lowest BCUT2D eigenvalue weighted by Crippen LogP contribution is -2.12. The Kier molecular flexibility index (Phi) is 6.05. The molecule has 0 aliphatic heterocycles. The van der Waals surface area contributed by atoms with Gasteiger partial charge in [0.15, 0.2) is 0 Å². The van der Waals surface area contributed by atoms with E-state index in [4.69, 9.17) is 4.74 Å². The van der Waals surface area contributed by atoms with Gasteiger partial charge in [-0.05, 0) is 19.3 Å². The van der Waals surface area contributed by atoms with Gasteiger partial charge < -0.3 is 14.6 Å². The van der Waals surface area contributed by atoms with Crippen LogP contribution in [-0.2, 0) is 11.3 Å². The first-order valence-corrected chi connectivity index (χ1v) is 6.48. The number of imidazole rings is 1. The molecular weight excluding hydrogens is 214 g/mol. The molecule has 1 aromatic rings. The van der Waals surface area contributed by atoms with Gasteiger partial charge in [-0.3, -0.25) is 0 Å². The maximum absolute atomic E-state index is 5.59. The van der Waals surface area contributed by atoms with Crippen LogP contribution in [0.4, 0.5) is 5.95 Å². The molecule has 0 atom stereocenters. The van der Waals surface area contributed by atoms with Crippen LogP contribution < -0.4 is 5.32 Å². The fourth-order valence-corrected chi connectivity index (χ4v) is 1.58. The number of nitrogens with one attached hydrogen (secondary N) is 1. The number of ether oxygens (including phenoxy) is 1. The summed E-state index contributed by atoms with van der Waals surface area (Å²) >= 11 is 0. The van der Waals surface area contributed by atoms with Crippen molar-refractivity contribution in [2.45, 2.75) is 40.7 Å². The predicted octanol–water partition coefficient (Wildman–Crippen LogP) is 2.69. The van der Waals surface area contributed by atoms with Gasteiger partial charge in [-0.1, -0.05) is 20.8 Å². The maximum Gasteiger partial charge on any atom is 0.203 e. The van der Waals surface area contributed by atoms with E-state index in [2.05, 4.69) is 41.8 Å². The molecule has 0 bridgehead atoms. The largest absolute Gasteiger partial charge is 0.379 e. The lowest BCUT2D eigenvalue weighted by Gasteiger charge is -2.10. The zero-order chi connectivity index (χ0) is 12.7. The highest BCUT2D eigenvalue weighted by atomic mass is 16.5. The smallest absolute Gasteiger partial charge is 0.203 e. The zero-order valence-corrected chi connectivity index (χ0v) is 11.5. The third kappa shape index (κ3) is 5.22. The summed E-state index contributed by atoms with van der Waals surface area (Å²) in [5.41, 5.74) is 1.05. The van der Waals surface area contributed by atoms with Crippen LogP contribution in [0.3, 0.4) is 0 Å². The molecule has 0 unspecified atom stereocenters. The third-order valence-corrected chi connectivity index (χ3v) is 2.36. The summed E-state index contributed by atoms with van der Waals surface area (Å²) in [7, 11) is 0. The Labute approximate surface area is 104 Å². The van der Waals surface area contributed by atoms with Gasteiger partial charge >= 0.3 is 0 Å². The van der Waals surface area contributed by atoms with Crippen LogP contribution in [0.1, 0.15) is 32.9 Å². The molecule has 98 valence electrons. The summed E-state index contributed by atoms with van der Waals surface area (Å²) < 4.78 is 7.72. The summed E-state index contributed by atoms with van der Waals surface area (Å²) in [6, 6.07) is 0. The van der Waals surface area contributed by atoms with E-state index in [0.717, 1.165) is 44.4 Å². The van der Waals surface area contributed by atoms with Gasteiger partial charge in [-0.25, -0.2) is 4.98 Å². The summed E-state index contributed by atoms with van der Waals surface area (Å²) in [4.78, 5) is 4.46. The Morgan fingerprint density at radius 1 is 1.47 bits per heavy atom. The fraction of sp³-hybridized carbons (Fsp3) is 0.769. The van der Waals surface area contributed by atoms with E-state index >= 15 is 0 Å². The van der Waals surface area contributed by atoms with Gasteiger partial charge in [0.05, 0.1) is 12.3 Å². The molecule has 17 heavy (non-hydrogen) atoms. The Bertz CT molecular complexity index is 320. The number of anilines is 1. The number of nitrogens with zero attached hydrogens (tertiary/aromatic N) is 2. The monoisotopic (exact) mass is 239 g/mol. The van der Waals surface area contributed by atoms with Crippen molar-refractivity contribution in [1.82, 2.24) is 9.55 Å². The highest BCUT2D eigenvalue weighted by Crippen LogP contribution is 2.08. The number of hydrogen-bond donors (Lipinski definition) is 1.